The minimum atomic E-state index is -0.274. The van der Waals surface area contributed by atoms with E-state index in [1.54, 1.807) is 24.3 Å². The average molecular weight is 312 g/mol. The highest BCUT2D eigenvalue weighted by Crippen LogP contribution is 2.27. The third kappa shape index (κ3) is 2.51. The maximum absolute atomic E-state index is 12.5. The Balaban J connectivity index is 1.93. The van der Waals surface area contributed by atoms with Gasteiger partial charge in [-0.05, 0) is 48.1 Å². The van der Waals surface area contributed by atoms with Crippen LogP contribution in [-0.2, 0) is 4.79 Å². The number of carbonyl (C=O) groups is 1. The minimum Gasteiger partial charge on any atom is -0.504 e. The molecular weight excluding hydrogens is 300 g/mol. The van der Waals surface area contributed by atoms with Gasteiger partial charge >= 0.3 is 0 Å². The number of phenolic OH excluding ortho intramolecular Hbond substituents is 2. The summed E-state index contributed by atoms with van der Waals surface area (Å²) in [5.41, 5.74) is 1.56. The Hall–Kier alpha value is -2.86. The van der Waals surface area contributed by atoms with Crippen LogP contribution < -0.4 is 10.2 Å². The number of thiocarbonyl (C=S) groups is 1. The van der Waals surface area contributed by atoms with Gasteiger partial charge in [0.15, 0.2) is 16.6 Å². The third-order valence-corrected chi connectivity index (χ3v) is 3.49. The average Bonchev–Trinajstić information content (AvgIpc) is 2.78. The van der Waals surface area contributed by atoms with Crippen molar-refractivity contribution in [1.82, 2.24) is 5.32 Å². The standard InChI is InChI=1S/C16H12N2O3S/c19-13-7-6-10(9-14(13)20)8-12-15(21)18(16(22)17-12)11-4-2-1-3-5-11/h1-9,19-20H,(H,17,22). The number of hydrogen-bond donors (Lipinski definition) is 3. The molecular formula is C16H12N2O3S. The topological polar surface area (TPSA) is 72.8 Å². The van der Waals surface area contributed by atoms with Gasteiger partial charge < -0.3 is 15.5 Å². The van der Waals surface area contributed by atoms with Crippen molar-refractivity contribution in [2.75, 3.05) is 4.90 Å². The fourth-order valence-electron chi connectivity index (χ4n) is 2.14. The zero-order chi connectivity index (χ0) is 15.7. The number of para-hydroxylation sites is 1. The van der Waals surface area contributed by atoms with Crippen LogP contribution in [-0.4, -0.2) is 21.2 Å². The van der Waals surface area contributed by atoms with Crippen molar-refractivity contribution in [1.29, 1.82) is 0 Å². The normalized spacial score (nSPS) is 16.2. The van der Waals surface area contributed by atoms with E-state index in [0.717, 1.165) is 0 Å². The molecule has 6 heteroatoms. The van der Waals surface area contributed by atoms with Crippen LogP contribution in [0.3, 0.4) is 0 Å². The highest BCUT2D eigenvalue weighted by molar-refractivity contribution is 7.80. The van der Waals surface area contributed by atoms with Crippen molar-refractivity contribution in [2.24, 2.45) is 0 Å². The SMILES string of the molecule is O=C1C(=Cc2ccc(O)c(O)c2)NC(=S)N1c1ccccc1. The molecule has 0 aliphatic carbocycles. The van der Waals surface area contributed by atoms with Crippen LogP contribution in [0.1, 0.15) is 5.56 Å². The van der Waals surface area contributed by atoms with Crippen LogP contribution >= 0.6 is 12.2 Å². The first kappa shape index (κ1) is 14.1. The van der Waals surface area contributed by atoms with Gasteiger partial charge in [-0.3, -0.25) is 9.69 Å². The summed E-state index contributed by atoms with van der Waals surface area (Å²) in [5, 5.41) is 22.0. The van der Waals surface area contributed by atoms with E-state index in [4.69, 9.17) is 12.2 Å². The Morgan fingerprint density at radius 3 is 2.45 bits per heavy atom. The smallest absolute Gasteiger partial charge is 0.281 e. The molecule has 1 amide bonds. The summed E-state index contributed by atoms with van der Waals surface area (Å²) in [7, 11) is 0. The van der Waals surface area contributed by atoms with Gasteiger partial charge in [-0.25, -0.2) is 0 Å². The van der Waals surface area contributed by atoms with E-state index in [0.29, 0.717) is 22.1 Å². The van der Waals surface area contributed by atoms with Crippen LogP contribution in [0.5, 0.6) is 11.5 Å². The van der Waals surface area contributed by atoms with Gasteiger partial charge in [0.05, 0.1) is 5.69 Å². The van der Waals surface area contributed by atoms with Crippen molar-refractivity contribution in [3.63, 3.8) is 0 Å². The summed E-state index contributed by atoms with van der Waals surface area (Å²) in [5.74, 6) is -0.736. The zero-order valence-electron chi connectivity index (χ0n) is 11.4. The molecule has 1 aliphatic rings. The number of hydrogen-bond acceptors (Lipinski definition) is 4. The largest absolute Gasteiger partial charge is 0.504 e. The molecule has 0 atom stereocenters. The Kier molecular flexibility index (Phi) is 3.52. The number of nitrogens with zero attached hydrogens (tertiary/aromatic N) is 1. The molecule has 1 saturated heterocycles. The maximum atomic E-state index is 12.5. The Morgan fingerprint density at radius 2 is 1.77 bits per heavy atom. The van der Waals surface area contributed by atoms with Gasteiger partial charge in [-0.2, -0.15) is 0 Å². The Labute approximate surface area is 132 Å². The molecule has 0 aromatic heterocycles. The van der Waals surface area contributed by atoms with Crippen molar-refractivity contribution >= 4 is 35.0 Å². The first-order valence-corrected chi connectivity index (χ1v) is 6.91. The molecule has 0 spiro atoms. The summed E-state index contributed by atoms with van der Waals surface area (Å²) in [6.45, 7) is 0. The molecule has 0 saturated carbocycles. The van der Waals surface area contributed by atoms with Gasteiger partial charge in [-0.15, -0.1) is 0 Å². The molecule has 110 valence electrons. The number of anilines is 1. The highest BCUT2D eigenvalue weighted by atomic mass is 32.1. The predicted molar refractivity (Wildman–Crippen MR) is 87.4 cm³/mol. The molecule has 2 aromatic rings. The first-order valence-electron chi connectivity index (χ1n) is 6.50. The van der Waals surface area contributed by atoms with Crippen LogP contribution in [0, 0.1) is 0 Å². The molecule has 5 nitrogen and oxygen atoms in total. The lowest BCUT2D eigenvalue weighted by Gasteiger charge is -2.13. The summed E-state index contributed by atoms with van der Waals surface area (Å²) in [6.07, 6.45) is 1.57. The first-order chi connectivity index (χ1) is 10.6. The van der Waals surface area contributed by atoms with Gasteiger partial charge in [0.25, 0.3) is 5.91 Å². The molecule has 1 fully saturated rings. The third-order valence-electron chi connectivity index (χ3n) is 3.20. The van der Waals surface area contributed by atoms with Gasteiger partial charge in [0.1, 0.15) is 5.70 Å². The van der Waals surface area contributed by atoms with E-state index in [2.05, 4.69) is 5.32 Å². The molecule has 1 aliphatic heterocycles. The van der Waals surface area contributed by atoms with E-state index < -0.39 is 0 Å². The minimum absolute atomic E-state index is 0.214. The van der Waals surface area contributed by atoms with E-state index in [9.17, 15) is 15.0 Å². The fourth-order valence-corrected chi connectivity index (χ4v) is 2.44. The van der Waals surface area contributed by atoms with Crippen LogP contribution in [0.4, 0.5) is 5.69 Å². The number of benzene rings is 2. The van der Waals surface area contributed by atoms with Crippen molar-refractivity contribution in [3.05, 3.63) is 59.8 Å². The van der Waals surface area contributed by atoms with Gasteiger partial charge in [0, 0.05) is 0 Å². The number of rotatable bonds is 2. The summed E-state index contributed by atoms with van der Waals surface area (Å²) < 4.78 is 0. The lowest BCUT2D eigenvalue weighted by molar-refractivity contribution is -0.113. The van der Waals surface area contributed by atoms with E-state index in [1.165, 1.54) is 17.0 Å². The van der Waals surface area contributed by atoms with E-state index in [-0.39, 0.29) is 17.4 Å². The lowest BCUT2D eigenvalue weighted by Crippen LogP contribution is -2.30. The molecule has 3 N–H and O–H groups in total. The number of carbonyl (C=O) groups excluding carboxylic acids is 1. The molecule has 0 radical (unpaired) electrons. The fraction of sp³-hybridized carbons (Fsp3) is 0. The molecule has 3 rings (SSSR count). The van der Waals surface area contributed by atoms with Crippen molar-refractivity contribution < 1.29 is 15.0 Å². The van der Waals surface area contributed by atoms with E-state index in [1.807, 2.05) is 18.2 Å². The van der Waals surface area contributed by atoms with Crippen LogP contribution in [0.15, 0.2) is 54.2 Å². The highest BCUT2D eigenvalue weighted by Gasteiger charge is 2.31. The molecule has 2 aromatic carbocycles. The zero-order valence-corrected chi connectivity index (χ0v) is 12.2. The van der Waals surface area contributed by atoms with Crippen molar-refractivity contribution in [2.45, 2.75) is 0 Å². The predicted octanol–water partition coefficient (Wildman–Crippen LogP) is 2.36. The number of amides is 1. The number of phenols is 2. The van der Waals surface area contributed by atoms with Gasteiger partial charge in [-0.1, -0.05) is 24.3 Å². The summed E-state index contributed by atoms with van der Waals surface area (Å²) in [4.78, 5) is 13.9. The maximum Gasteiger partial charge on any atom is 0.281 e. The van der Waals surface area contributed by atoms with E-state index >= 15 is 0 Å². The van der Waals surface area contributed by atoms with Gasteiger partial charge in [0.2, 0.25) is 0 Å². The number of nitrogens with one attached hydrogen (secondary N) is 1. The van der Waals surface area contributed by atoms with Crippen LogP contribution in [0.2, 0.25) is 0 Å². The summed E-state index contributed by atoms with van der Waals surface area (Å²) in [6, 6.07) is 13.4. The summed E-state index contributed by atoms with van der Waals surface area (Å²) >= 11 is 5.20. The number of aromatic hydroxyl groups is 2. The van der Waals surface area contributed by atoms with Crippen LogP contribution in [0.25, 0.3) is 6.08 Å². The van der Waals surface area contributed by atoms with Crippen molar-refractivity contribution in [3.8, 4) is 11.5 Å². The Bertz CT molecular complexity index is 787. The molecule has 0 unspecified atom stereocenters. The lowest BCUT2D eigenvalue weighted by atomic mass is 10.1. The molecule has 22 heavy (non-hydrogen) atoms. The second-order valence-corrected chi connectivity index (χ2v) is 5.10. The Morgan fingerprint density at radius 1 is 1.05 bits per heavy atom. The molecule has 0 bridgehead atoms. The quantitative estimate of drug-likeness (QED) is 0.451. The second kappa shape index (κ2) is 5.50. The monoisotopic (exact) mass is 312 g/mol. The molecule has 1 heterocycles. The second-order valence-electron chi connectivity index (χ2n) is 4.71.